The molecule has 3 aliphatic rings. The molecule has 3 fully saturated rings. The summed E-state index contributed by atoms with van der Waals surface area (Å²) in [5, 5.41) is 10.0. The Morgan fingerprint density at radius 1 is 1.41 bits per heavy atom. The van der Waals surface area contributed by atoms with E-state index in [1.165, 1.54) is 6.42 Å². The van der Waals surface area contributed by atoms with Crippen LogP contribution < -0.4 is 0 Å². The van der Waals surface area contributed by atoms with Gasteiger partial charge in [0.1, 0.15) is 5.54 Å². The maximum atomic E-state index is 13.1. The monoisotopic (exact) mass is 358 g/mol. The van der Waals surface area contributed by atoms with Gasteiger partial charge in [-0.05, 0) is 58.7 Å². The number of hydrogen-bond donors (Lipinski definition) is 0. The molecular formula is C18H19BrN2O. The molecule has 3 nitrogen and oxygen atoms in total. The molecule has 1 amide bonds. The summed E-state index contributed by atoms with van der Waals surface area (Å²) in [7, 11) is 0. The molecule has 114 valence electrons. The Hall–Kier alpha value is -1.34. The number of nitriles is 1. The highest BCUT2D eigenvalue weighted by molar-refractivity contribution is 9.10. The van der Waals surface area contributed by atoms with Crippen molar-refractivity contribution in [3.05, 3.63) is 34.3 Å². The van der Waals surface area contributed by atoms with Gasteiger partial charge in [0.25, 0.3) is 5.91 Å². The largest absolute Gasteiger partial charge is 0.319 e. The molecule has 1 aliphatic heterocycles. The lowest BCUT2D eigenvalue weighted by Crippen LogP contribution is -2.54. The van der Waals surface area contributed by atoms with Crippen LogP contribution in [0.1, 0.15) is 43.5 Å². The number of halogens is 1. The standard InChI is InChI=1S/C18H19BrN2O/c1-16-11-21(15(22)13-5-3-4-6-14(13)19)18(10-20)9-12(16)7-8-17(16,18)2/h3-6,12H,7-9,11H2,1-2H3/t12-,16+,17+,18+/m1/s1. The molecule has 0 unspecified atom stereocenters. The fourth-order valence-corrected chi connectivity index (χ4v) is 5.99. The average Bonchev–Trinajstić information content (AvgIpc) is 2.96. The van der Waals surface area contributed by atoms with Crippen LogP contribution in [0.15, 0.2) is 28.7 Å². The van der Waals surface area contributed by atoms with E-state index in [1.807, 2.05) is 29.2 Å². The molecule has 1 saturated heterocycles. The second-order valence-electron chi connectivity index (χ2n) is 7.53. The Morgan fingerprint density at radius 3 is 2.77 bits per heavy atom. The SMILES string of the molecule is C[C@@]12CC[C@@H]3C[C@@]1(C#N)N(C(=O)c1ccccc1Br)C[C@@]32C. The van der Waals surface area contributed by atoms with Crippen molar-refractivity contribution in [1.82, 2.24) is 4.90 Å². The summed E-state index contributed by atoms with van der Waals surface area (Å²) in [5.74, 6) is 0.574. The molecule has 2 aliphatic carbocycles. The van der Waals surface area contributed by atoms with Gasteiger partial charge in [-0.25, -0.2) is 0 Å². The Kier molecular flexibility index (Phi) is 2.68. The highest BCUT2D eigenvalue weighted by Gasteiger charge is 2.78. The third-order valence-electron chi connectivity index (χ3n) is 7.09. The van der Waals surface area contributed by atoms with E-state index < -0.39 is 5.54 Å². The molecule has 2 saturated carbocycles. The van der Waals surface area contributed by atoms with E-state index in [9.17, 15) is 10.1 Å². The van der Waals surface area contributed by atoms with Crippen LogP contribution >= 0.6 is 15.9 Å². The number of likely N-dealkylation sites (tertiary alicyclic amines) is 1. The number of benzene rings is 1. The van der Waals surface area contributed by atoms with E-state index in [0.717, 1.165) is 17.3 Å². The predicted molar refractivity (Wildman–Crippen MR) is 87.1 cm³/mol. The van der Waals surface area contributed by atoms with E-state index >= 15 is 0 Å². The zero-order valence-electron chi connectivity index (χ0n) is 12.9. The number of nitrogens with zero attached hydrogens (tertiary/aromatic N) is 2. The van der Waals surface area contributed by atoms with E-state index in [1.54, 1.807) is 0 Å². The second-order valence-corrected chi connectivity index (χ2v) is 8.39. The number of carbonyl (C=O) groups is 1. The summed E-state index contributed by atoms with van der Waals surface area (Å²) in [6, 6.07) is 10.1. The summed E-state index contributed by atoms with van der Waals surface area (Å²) >= 11 is 3.47. The van der Waals surface area contributed by atoms with Crippen molar-refractivity contribution in [2.75, 3.05) is 6.54 Å². The molecule has 4 atom stereocenters. The van der Waals surface area contributed by atoms with Crippen molar-refractivity contribution in [2.45, 2.75) is 38.6 Å². The van der Waals surface area contributed by atoms with Crippen molar-refractivity contribution in [1.29, 1.82) is 5.26 Å². The third-order valence-corrected chi connectivity index (χ3v) is 7.78. The maximum absolute atomic E-state index is 13.1. The van der Waals surface area contributed by atoms with E-state index in [2.05, 4.69) is 35.8 Å². The number of amides is 1. The number of carbonyl (C=O) groups excluding carboxylic acids is 1. The predicted octanol–water partition coefficient (Wildman–Crippen LogP) is 3.99. The summed E-state index contributed by atoms with van der Waals surface area (Å²) in [4.78, 5) is 15.0. The fraction of sp³-hybridized carbons (Fsp3) is 0.556. The van der Waals surface area contributed by atoms with Crippen LogP contribution in [0, 0.1) is 28.1 Å². The van der Waals surface area contributed by atoms with Gasteiger partial charge in [-0.1, -0.05) is 26.0 Å². The van der Waals surface area contributed by atoms with Gasteiger partial charge in [-0.15, -0.1) is 0 Å². The van der Waals surface area contributed by atoms with Crippen molar-refractivity contribution in [3.8, 4) is 6.07 Å². The molecule has 1 aromatic rings. The first kappa shape index (κ1) is 14.3. The molecule has 0 N–H and O–H groups in total. The minimum absolute atomic E-state index is 0.00988. The first-order valence-electron chi connectivity index (χ1n) is 7.87. The number of hydrogen-bond acceptors (Lipinski definition) is 2. The van der Waals surface area contributed by atoms with Crippen LogP contribution in [0.25, 0.3) is 0 Å². The van der Waals surface area contributed by atoms with Crippen LogP contribution in [0.5, 0.6) is 0 Å². The van der Waals surface area contributed by atoms with Crippen LogP contribution in [0.2, 0.25) is 0 Å². The molecule has 4 heteroatoms. The summed E-state index contributed by atoms with van der Waals surface area (Å²) in [6.45, 7) is 5.23. The molecule has 0 spiro atoms. The Labute approximate surface area is 139 Å². The van der Waals surface area contributed by atoms with Gasteiger partial charge in [-0.3, -0.25) is 4.79 Å². The molecule has 4 rings (SSSR count). The first-order chi connectivity index (χ1) is 10.4. The Morgan fingerprint density at radius 2 is 2.14 bits per heavy atom. The van der Waals surface area contributed by atoms with Gasteiger partial charge in [0.2, 0.25) is 0 Å². The van der Waals surface area contributed by atoms with Crippen molar-refractivity contribution in [2.24, 2.45) is 16.7 Å². The van der Waals surface area contributed by atoms with Gasteiger partial charge in [0.05, 0.1) is 11.6 Å². The van der Waals surface area contributed by atoms with Crippen LogP contribution in [0.4, 0.5) is 0 Å². The van der Waals surface area contributed by atoms with E-state index in [-0.39, 0.29) is 16.7 Å². The van der Waals surface area contributed by atoms with Gasteiger partial charge in [-0.2, -0.15) is 5.26 Å². The molecule has 4 bridgehead atoms. The molecule has 1 aromatic carbocycles. The molecular weight excluding hydrogens is 340 g/mol. The van der Waals surface area contributed by atoms with Crippen LogP contribution in [-0.4, -0.2) is 22.9 Å². The highest BCUT2D eigenvalue weighted by atomic mass is 79.9. The van der Waals surface area contributed by atoms with Gasteiger partial charge in [0.15, 0.2) is 0 Å². The lowest BCUT2D eigenvalue weighted by atomic mass is 9.66. The van der Waals surface area contributed by atoms with Crippen LogP contribution in [-0.2, 0) is 0 Å². The van der Waals surface area contributed by atoms with Crippen molar-refractivity contribution < 1.29 is 4.79 Å². The average molecular weight is 359 g/mol. The summed E-state index contributed by atoms with van der Waals surface area (Å²) < 4.78 is 0.802. The summed E-state index contributed by atoms with van der Waals surface area (Å²) in [5.41, 5.74) is 0.0419. The number of piperidine rings is 1. The minimum atomic E-state index is -0.628. The quantitative estimate of drug-likeness (QED) is 0.761. The van der Waals surface area contributed by atoms with Gasteiger partial charge < -0.3 is 4.90 Å². The second kappa shape index (κ2) is 4.14. The van der Waals surface area contributed by atoms with E-state index in [0.29, 0.717) is 18.0 Å². The maximum Gasteiger partial charge on any atom is 0.256 e. The van der Waals surface area contributed by atoms with Crippen LogP contribution in [0.3, 0.4) is 0 Å². The van der Waals surface area contributed by atoms with E-state index in [4.69, 9.17) is 0 Å². The topological polar surface area (TPSA) is 44.1 Å². The first-order valence-corrected chi connectivity index (χ1v) is 8.67. The molecule has 22 heavy (non-hydrogen) atoms. The molecule has 1 heterocycles. The fourth-order valence-electron chi connectivity index (χ4n) is 5.54. The molecule has 0 radical (unpaired) electrons. The highest BCUT2D eigenvalue weighted by Crippen LogP contribution is 2.75. The zero-order chi connectivity index (χ0) is 15.8. The smallest absolute Gasteiger partial charge is 0.256 e. The normalized spacial score (nSPS) is 41.7. The van der Waals surface area contributed by atoms with Gasteiger partial charge in [0, 0.05) is 16.4 Å². The summed E-state index contributed by atoms with van der Waals surface area (Å²) in [6.07, 6.45) is 3.10. The lowest BCUT2D eigenvalue weighted by Gasteiger charge is -2.43. The minimum Gasteiger partial charge on any atom is -0.319 e. The Bertz CT molecular complexity index is 726. The Balaban J connectivity index is 1.82. The van der Waals surface area contributed by atoms with Crippen molar-refractivity contribution in [3.63, 3.8) is 0 Å². The number of rotatable bonds is 1. The van der Waals surface area contributed by atoms with Gasteiger partial charge >= 0.3 is 0 Å². The lowest BCUT2D eigenvalue weighted by molar-refractivity contribution is 0.0429. The zero-order valence-corrected chi connectivity index (χ0v) is 14.5. The third kappa shape index (κ3) is 1.31. The van der Waals surface area contributed by atoms with Crippen molar-refractivity contribution >= 4 is 21.8 Å². The molecule has 0 aromatic heterocycles.